The molecule has 67 heavy (non-hydrogen) atoms. The summed E-state index contributed by atoms with van der Waals surface area (Å²) >= 11 is 0. The van der Waals surface area contributed by atoms with E-state index in [4.69, 9.17) is 9.97 Å². The van der Waals surface area contributed by atoms with Crippen molar-refractivity contribution in [3.63, 3.8) is 0 Å². The monoisotopic (exact) mass is 902 g/mol. The highest BCUT2D eigenvalue weighted by Gasteiger charge is 2.29. The van der Waals surface area contributed by atoms with E-state index in [2.05, 4.69) is 69.0 Å². The van der Waals surface area contributed by atoms with Crippen molar-refractivity contribution < 1.29 is 0 Å². The van der Waals surface area contributed by atoms with Gasteiger partial charge in [-0.05, 0) is 41.5 Å². The Bertz CT molecular complexity index is 3230. The lowest BCUT2D eigenvalue weighted by Crippen LogP contribution is -2.52. The molecule has 2 atom stereocenters. The molecule has 2 saturated heterocycles. The fraction of sp³-hybridized carbons (Fsp3) is 0.333. The van der Waals surface area contributed by atoms with E-state index >= 15 is 0 Å². The van der Waals surface area contributed by atoms with Crippen LogP contribution in [-0.2, 0) is 54.1 Å². The van der Waals surface area contributed by atoms with Gasteiger partial charge in [-0.15, -0.1) is 0 Å². The molecule has 10 rings (SSSR count). The van der Waals surface area contributed by atoms with Crippen LogP contribution < -0.4 is 42.9 Å². The third-order valence-electron chi connectivity index (χ3n) is 13.0. The SMILES string of the molecule is Cn1c(=O)c2c(nc(N3CCNC(CCc4ccccc4)C3)n2Cc2ccccc2)n(C)c1=O.Cn1c(=O)c2c(nc(N3CCN[C@@H](Cc4ccccc4)C3)n2Cc2ccccc2)n(C)c1=O. The van der Waals surface area contributed by atoms with Crippen molar-refractivity contribution in [2.24, 2.45) is 28.2 Å². The molecule has 0 bridgehead atoms. The fourth-order valence-electron chi connectivity index (χ4n) is 9.41. The number of imidazole rings is 2. The zero-order chi connectivity index (χ0) is 46.6. The maximum atomic E-state index is 13.2. The quantitative estimate of drug-likeness (QED) is 0.198. The van der Waals surface area contributed by atoms with Gasteiger partial charge in [-0.3, -0.25) is 37.0 Å². The molecule has 8 aromatic rings. The molecule has 0 amide bonds. The Kier molecular flexibility index (Phi) is 13.2. The van der Waals surface area contributed by atoms with Crippen LogP contribution in [0.2, 0.25) is 0 Å². The van der Waals surface area contributed by atoms with E-state index in [0.29, 0.717) is 41.5 Å². The summed E-state index contributed by atoms with van der Waals surface area (Å²) in [6, 6.07) is 41.6. The number of hydrogen-bond donors (Lipinski definition) is 2. The van der Waals surface area contributed by atoms with Crippen LogP contribution in [0.1, 0.15) is 28.7 Å². The van der Waals surface area contributed by atoms with Gasteiger partial charge in [-0.1, -0.05) is 121 Å². The summed E-state index contributed by atoms with van der Waals surface area (Å²) in [5.74, 6) is 1.47. The lowest BCUT2D eigenvalue weighted by atomic mass is 10.0. The molecule has 2 N–H and O–H groups in total. The first-order valence-electron chi connectivity index (χ1n) is 23.0. The number of piperazine rings is 2. The first-order valence-corrected chi connectivity index (χ1v) is 23.0. The molecule has 4 aromatic carbocycles. The van der Waals surface area contributed by atoms with E-state index in [-0.39, 0.29) is 28.5 Å². The second-order valence-corrected chi connectivity index (χ2v) is 17.6. The molecule has 16 nitrogen and oxygen atoms in total. The summed E-state index contributed by atoms with van der Waals surface area (Å²) in [7, 11) is 6.39. The van der Waals surface area contributed by atoms with Crippen LogP contribution in [0.25, 0.3) is 22.3 Å². The van der Waals surface area contributed by atoms with Crippen molar-refractivity contribution in [1.29, 1.82) is 0 Å². The number of aryl methyl sites for hydroxylation is 3. The number of benzene rings is 4. The minimum atomic E-state index is -0.370. The highest BCUT2D eigenvalue weighted by molar-refractivity contribution is 5.76. The molecular formula is C51H58N12O4. The predicted octanol–water partition coefficient (Wildman–Crippen LogP) is 3.40. The number of nitrogens with one attached hydrogen (secondary N) is 2. The van der Waals surface area contributed by atoms with Crippen LogP contribution in [0.15, 0.2) is 141 Å². The van der Waals surface area contributed by atoms with Gasteiger partial charge in [0.15, 0.2) is 22.3 Å². The predicted molar refractivity (Wildman–Crippen MR) is 264 cm³/mol. The zero-order valence-corrected chi connectivity index (χ0v) is 38.6. The summed E-state index contributed by atoms with van der Waals surface area (Å²) in [6.07, 6.45) is 2.93. The Balaban J connectivity index is 0.000000168. The Morgan fingerprint density at radius 2 is 0.881 bits per heavy atom. The van der Waals surface area contributed by atoms with Crippen LogP contribution >= 0.6 is 0 Å². The first-order chi connectivity index (χ1) is 32.5. The van der Waals surface area contributed by atoms with Crippen LogP contribution in [0.5, 0.6) is 0 Å². The third-order valence-corrected chi connectivity index (χ3v) is 13.0. The number of anilines is 2. The van der Waals surface area contributed by atoms with Gasteiger partial charge in [0.05, 0.1) is 13.1 Å². The average Bonchev–Trinajstić information content (AvgIpc) is 3.94. The van der Waals surface area contributed by atoms with Crippen molar-refractivity contribution in [3.05, 3.63) is 185 Å². The summed E-state index contributed by atoms with van der Waals surface area (Å²) in [5.41, 5.74) is 5.16. The van der Waals surface area contributed by atoms with Crippen LogP contribution in [-0.4, -0.2) is 88.7 Å². The van der Waals surface area contributed by atoms with Gasteiger partial charge in [0.25, 0.3) is 11.1 Å². The summed E-state index contributed by atoms with van der Waals surface area (Å²) in [5, 5.41) is 7.24. The molecule has 2 aliphatic rings. The Labute approximate surface area is 388 Å². The number of fused-ring (bicyclic) bond motifs is 2. The number of aromatic nitrogens is 8. The highest BCUT2D eigenvalue weighted by Crippen LogP contribution is 2.25. The van der Waals surface area contributed by atoms with E-state index in [1.807, 2.05) is 81.9 Å². The number of hydrogen-bond acceptors (Lipinski definition) is 10. The molecule has 0 aliphatic carbocycles. The van der Waals surface area contributed by atoms with E-state index < -0.39 is 0 Å². The minimum Gasteiger partial charge on any atom is -0.339 e. The average molecular weight is 903 g/mol. The molecule has 1 unspecified atom stereocenters. The van der Waals surface area contributed by atoms with Crippen molar-refractivity contribution >= 4 is 34.2 Å². The number of rotatable bonds is 11. The zero-order valence-electron chi connectivity index (χ0n) is 38.6. The van der Waals surface area contributed by atoms with Crippen LogP contribution in [0.3, 0.4) is 0 Å². The molecule has 2 fully saturated rings. The number of nitrogens with zero attached hydrogens (tertiary/aromatic N) is 10. The van der Waals surface area contributed by atoms with Crippen molar-refractivity contribution in [1.82, 2.24) is 48.0 Å². The Hall–Kier alpha value is -7.30. The molecule has 16 heteroatoms. The largest absolute Gasteiger partial charge is 0.339 e. The topological polar surface area (TPSA) is 154 Å². The van der Waals surface area contributed by atoms with E-state index in [1.165, 1.54) is 34.4 Å². The molecule has 6 heterocycles. The first kappa shape index (κ1) is 44.9. The van der Waals surface area contributed by atoms with Gasteiger partial charge in [-0.25, -0.2) is 9.59 Å². The van der Waals surface area contributed by atoms with Crippen molar-refractivity contribution in [2.75, 3.05) is 49.1 Å². The van der Waals surface area contributed by atoms with Crippen molar-refractivity contribution in [2.45, 2.75) is 44.4 Å². The van der Waals surface area contributed by atoms with Gasteiger partial charge < -0.3 is 20.4 Å². The Morgan fingerprint density at radius 3 is 1.33 bits per heavy atom. The van der Waals surface area contributed by atoms with E-state index in [0.717, 1.165) is 90.7 Å². The fourth-order valence-corrected chi connectivity index (χ4v) is 9.41. The summed E-state index contributed by atoms with van der Waals surface area (Å²) in [4.78, 5) is 65.7. The molecular weight excluding hydrogens is 845 g/mol. The Morgan fingerprint density at radius 1 is 0.493 bits per heavy atom. The van der Waals surface area contributed by atoms with E-state index in [9.17, 15) is 19.2 Å². The lowest BCUT2D eigenvalue weighted by Gasteiger charge is -2.34. The normalized spacial score (nSPS) is 16.4. The van der Waals surface area contributed by atoms with Crippen LogP contribution in [0.4, 0.5) is 11.9 Å². The highest BCUT2D eigenvalue weighted by atomic mass is 16.2. The smallest absolute Gasteiger partial charge is 0.332 e. The molecule has 0 saturated carbocycles. The third kappa shape index (κ3) is 9.40. The second-order valence-electron chi connectivity index (χ2n) is 17.6. The molecule has 0 radical (unpaired) electrons. The molecule has 0 spiro atoms. The van der Waals surface area contributed by atoms with Gasteiger partial charge in [0.2, 0.25) is 11.9 Å². The molecule has 4 aromatic heterocycles. The summed E-state index contributed by atoms with van der Waals surface area (Å²) < 4.78 is 9.20. The van der Waals surface area contributed by atoms with Gasteiger partial charge in [-0.2, -0.15) is 9.97 Å². The maximum Gasteiger partial charge on any atom is 0.332 e. The van der Waals surface area contributed by atoms with Crippen LogP contribution in [0, 0.1) is 0 Å². The standard InChI is InChI=1S/C26H30N6O2.C25H28N6O2/c1-29-23-22(24(33)30(2)26(29)34)32(17-20-11-7-4-8-12-20)25(28-23)31-16-15-27-21(18-31)14-13-19-9-5-3-6-10-19;1-28-22-21(23(32)29(2)25(28)33)31(16-19-11-7-4-8-12-19)24(27-22)30-14-13-26-20(17-30)15-18-9-5-3-6-10-18/h3-12,21,27H,13-18H2,1-2H3;3-12,20,26H,13-17H2,1-2H3/t;20-/m.0/s1. The summed E-state index contributed by atoms with van der Waals surface area (Å²) in [6.45, 7) is 5.80. The van der Waals surface area contributed by atoms with Gasteiger partial charge in [0, 0.05) is 79.5 Å². The van der Waals surface area contributed by atoms with Crippen molar-refractivity contribution in [3.8, 4) is 0 Å². The lowest BCUT2D eigenvalue weighted by molar-refractivity contribution is 0.428. The molecule has 2 aliphatic heterocycles. The van der Waals surface area contributed by atoms with Gasteiger partial charge in [0.1, 0.15) is 0 Å². The second kappa shape index (κ2) is 19.7. The minimum absolute atomic E-state index is 0.262. The molecule has 346 valence electrons. The van der Waals surface area contributed by atoms with Gasteiger partial charge >= 0.3 is 11.4 Å². The maximum absolute atomic E-state index is 13.2. The van der Waals surface area contributed by atoms with E-state index in [1.54, 1.807) is 14.1 Å².